The van der Waals surface area contributed by atoms with E-state index in [1.165, 1.54) is 36.8 Å². The van der Waals surface area contributed by atoms with Gasteiger partial charge in [-0.25, -0.2) is 0 Å². The quantitative estimate of drug-likeness (QED) is 0.564. The fourth-order valence-corrected chi connectivity index (χ4v) is 3.30. The molecule has 0 radical (unpaired) electrons. The van der Waals surface area contributed by atoms with E-state index >= 15 is 0 Å². The highest BCUT2D eigenvalue weighted by Crippen LogP contribution is 2.46. The van der Waals surface area contributed by atoms with Crippen molar-refractivity contribution in [2.75, 3.05) is 0 Å². The van der Waals surface area contributed by atoms with Crippen LogP contribution in [-0.2, 0) is 17.6 Å². The molecule has 2 aliphatic rings. The van der Waals surface area contributed by atoms with Gasteiger partial charge in [-0.15, -0.1) is 0 Å². The molecule has 0 saturated heterocycles. The lowest BCUT2D eigenvalue weighted by atomic mass is 9.71. The van der Waals surface area contributed by atoms with Gasteiger partial charge in [0.2, 0.25) is 0 Å². The smallest absolute Gasteiger partial charge is 0.300 e. The Hall–Kier alpha value is -1.84. The molecule has 1 saturated carbocycles. The van der Waals surface area contributed by atoms with Crippen LogP contribution in [0.3, 0.4) is 0 Å². The van der Waals surface area contributed by atoms with E-state index in [1.807, 2.05) is 0 Å². The fraction of sp³-hybridized carbons (Fsp3) is 0.500. The highest BCUT2D eigenvalue weighted by molar-refractivity contribution is 5.84. The summed E-state index contributed by atoms with van der Waals surface area (Å²) in [4.78, 5) is 9.00. The van der Waals surface area contributed by atoms with Crippen molar-refractivity contribution < 1.29 is 15.1 Å². The Morgan fingerprint density at radius 2 is 1.60 bits per heavy atom. The maximum atomic E-state index is 9.00. The summed E-state index contributed by atoms with van der Waals surface area (Å²) in [6.45, 7) is 1.08. The normalized spacial score (nSPS) is 18.9. The Labute approximate surface area is 119 Å². The van der Waals surface area contributed by atoms with Crippen LogP contribution in [0.15, 0.2) is 29.4 Å². The number of benzene rings is 1. The highest BCUT2D eigenvalue weighted by Gasteiger charge is 2.39. The molecule has 1 aromatic rings. The van der Waals surface area contributed by atoms with Crippen molar-refractivity contribution in [2.45, 2.75) is 45.4 Å². The van der Waals surface area contributed by atoms with Gasteiger partial charge in [-0.3, -0.25) is 4.79 Å². The van der Waals surface area contributed by atoms with E-state index in [0.717, 1.165) is 25.5 Å². The number of oxime groups is 1. The van der Waals surface area contributed by atoms with E-state index in [0.29, 0.717) is 5.41 Å². The number of carboxylic acids is 1. The summed E-state index contributed by atoms with van der Waals surface area (Å²) in [7, 11) is 0. The molecular weight excluding hydrogens is 254 g/mol. The van der Waals surface area contributed by atoms with Gasteiger partial charge in [0.15, 0.2) is 0 Å². The highest BCUT2D eigenvalue weighted by atomic mass is 16.4. The molecule has 0 heterocycles. The summed E-state index contributed by atoms with van der Waals surface area (Å²) >= 11 is 0. The third-order valence-electron chi connectivity index (χ3n) is 4.28. The topological polar surface area (TPSA) is 69.9 Å². The van der Waals surface area contributed by atoms with Gasteiger partial charge in [0.1, 0.15) is 0 Å². The van der Waals surface area contributed by atoms with E-state index in [-0.39, 0.29) is 0 Å². The molecule has 0 aromatic heterocycles. The summed E-state index contributed by atoms with van der Waals surface area (Å²) in [6, 6.07) is 8.81. The van der Waals surface area contributed by atoms with Gasteiger partial charge in [-0.2, -0.15) is 0 Å². The summed E-state index contributed by atoms with van der Waals surface area (Å²) in [5.74, 6) is -0.833. The predicted octanol–water partition coefficient (Wildman–Crippen LogP) is 3.27. The van der Waals surface area contributed by atoms with Crippen LogP contribution in [0.4, 0.5) is 0 Å². The average molecular weight is 275 g/mol. The van der Waals surface area contributed by atoms with Crippen LogP contribution >= 0.6 is 0 Å². The number of hydrogen-bond donors (Lipinski definition) is 2. The number of rotatable bonds is 0. The second kappa shape index (κ2) is 6.07. The van der Waals surface area contributed by atoms with E-state index in [2.05, 4.69) is 29.4 Å². The number of hydrogen-bond acceptors (Lipinski definition) is 3. The van der Waals surface area contributed by atoms with Gasteiger partial charge in [-0.1, -0.05) is 29.4 Å². The minimum atomic E-state index is -0.833. The molecule has 4 nitrogen and oxygen atoms in total. The van der Waals surface area contributed by atoms with Crippen molar-refractivity contribution in [1.29, 1.82) is 0 Å². The molecule has 0 unspecified atom stereocenters. The fourth-order valence-electron chi connectivity index (χ4n) is 3.30. The summed E-state index contributed by atoms with van der Waals surface area (Å²) < 4.78 is 0. The van der Waals surface area contributed by atoms with Gasteiger partial charge < -0.3 is 10.3 Å². The van der Waals surface area contributed by atoms with Crippen LogP contribution in [0.1, 0.15) is 43.7 Å². The van der Waals surface area contributed by atoms with Crippen LogP contribution in [0.25, 0.3) is 0 Å². The first-order valence-electron chi connectivity index (χ1n) is 7.01. The van der Waals surface area contributed by atoms with Crippen molar-refractivity contribution >= 4 is 11.7 Å². The first-order chi connectivity index (χ1) is 9.54. The molecule has 108 valence electrons. The Bertz CT molecular complexity index is 481. The third-order valence-corrected chi connectivity index (χ3v) is 4.28. The molecule has 4 heteroatoms. The van der Waals surface area contributed by atoms with Gasteiger partial charge in [0, 0.05) is 6.92 Å². The van der Waals surface area contributed by atoms with Gasteiger partial charge in [0.25, 0.3) is 5.97 Å². The second-order valence-corrected chi connectivity index (χ2v) is 5.81. The number of carbonyl (C=O) groups is 1. The zero-order valence-electron chi connectivity index (χ0n) is 11.8. The van der Waals surface area contributed by atoms with Crippen molar-refractivity contribution in [1.82, 2.24) is 0 Å². The number of aliphatic carboxylic acids is 1. The molecule has 0 atom stereocenters. The molecule has 1 aromatic carbocycles. The summed E-state index contributed by atoms with van der Waals surface area (Å²) in [5, 5.41) is 19.6. The number of fused-ring (bicyclic) bond motifs is 1. The lowest BCUT2D eigenvalue weighted by Crippen LogP contribution is -2.28. The Kier molecular flexibility index (Phi) is 4.42. The Morgan fingerprint density at radius 1 is 1.15 bits per heavy atom. The minimum absolute atomic E-state index is 0.470. The van der Waals surface area contributed by atoms with Crippen LogP contribution in [0, 0.1) is 5.41 Å². The van der Waals surface area contributed by atoms with E-state index in [9.17, 15) is 0 Å². The van der Waals surface area contributed by atoms with E-state index < -0.39 is 5.97 Å². The van der Waals surface area contributed by atoms with Crippen molar-refractivity contribution in [2.24, 2.45) is 10.6 Å². The number of carboxylic acid groups (broad SMARTS) is 1. The first kappa shape index (κ1) is 14.6. The predicted molar refractivity (Wildman–Crippen MR) is 77.3 cm³/mol. The maximum Gasteiger partial charge on any atom is 0.300 e. The molecule has 0 amide bonds. The van der Waals surface area contributed by atoms with Crippen LogP contribution in [-0.4, -0.2) is 22.0 Å². The molecular formula is C16H21NO3. The monoisotopic (exact) mass is 275 g/mol. The molecule has 0 aliphatic heterocycles. The lowest BCUT2D eigenvalue weighted by molar-refractivity contribution is -0.134. The van der Waals surface area contributed by atoms with Crippen molar-refractivity contribution in [3.8, 4) is 0 Å². The van der Waals surface area contributed by atoms with Gasteiger partial charge >= 0.3 is 0 Å². The first-order valence-corrected chi connectivity index (χ1v) is 7.01. The Balaban J connectivity index is 0.000000328. The molecule has 0 bridgehead atoms. The minimum Gasteiger partial charge on any atom is -0.481 e. The third kappa shape index (κ3) is 3.38. The molecule has 2 N–H and O–H groups in total. The number of nitrogens with zero attached hydrogens (tertiary/aromatic N) is 1. The molecule has 1 fully saturated rings. The van der Waals surface area contributed by atoms with Gasteiger partial charge in [0.05, 0.1) is 5.71 Å². The van der Waals surface area contributed by atoms with Crippen LogP contribution < -0.4 is 0 Å². The van der Waals surface area contributed by atoms with Crippen LogP contribution in [0.2, 0.25) is 0 Å². The molecule has 3 rings (SSSR count). The van der Waals surface area contributed by atoms with Gasteiger partial charge in [-0.05, 0) is 55.1 Å². The SMILES string of the molecule is CC(=O)O.ON=C1CCC2(CC1)Cc1ccccc1C2. The maximum absolute atomic E-state index is 9.00. The second-order valence-electron chi connectivity index (χ2n) is 5.81. The van der Waals surface area contributed by atoms with Crippen LogP contribution in [0.5, 0.6) is 0 Å². The van der Waals surface area contributed by atoms with E-state index in [4.69, 9.17) is 15.1 Å². The zero-order chi connectivity index (χ0) is 14.6. The van der Waals surface area contributed by atoms with Crippen molar-refractivity contribution in [3.05, 3.63) is 35.4 Å². The lowest BCUT2D eigenvalue weighted by Gasteiger charge is -2.33. The standard InChI is InChI=1S/C14H17NO.C2H4O2/c16-15-13-5-7-14(8-6-13)9-11-3-1-2-4-12(11)10-14;1-2(3)4/h1-4,16H,5-10H2;1H3,(H,3,4). The van der Waals surface area contributed by atoms with Crippen molar-refractivity contribution in [3.63, 3.8) is 0 Å². The summed E-state index contributed by atoms with van der Waals surface area (Å²) in [5.41, 5.74) is 4.53. The Morgan fingerprint density at radius 3 is 2.00 bits per heavy atom. The molecule has 2 aliphatic carbocycles. The molecule has 1 spiro atoms. The zero-order valence-corrected chi connectivity index (χ0v) is 11.8. The molecule has 20 heavy (non-hydrogen) atoms. The average Bonchev–Trinajstić information content (AvgIpc) is 2.77. The van der Waals surface area contributed by atoms with E-state index in [1.54, 1.807) is 0 Å². The largest absolute Gasteiger partial charge is 0.481 e. The summed E-state index contributed by atoms with van der Waals surface area (Å²) in [6.07, 6.45) is 6.76.